The maximum Gasteiger partial charge on any atom is 0.0481 e. The lowest BCUT2D eigenvalue weighted by molar-refractivity contribution is 0.0767. The SMILES string of the molecule is ClNNC1CCOCC1. The lowest BCUT2D eigenvalue weighted by atomic mass is 10.1. The molecule has 3 nitrogen and oxygen atoms in total. The predicted octanol–water partition coefficient (Wildman–Crippen LogP) is 0.413. The van der Waals surface area contributed by atoms with Crippen LogP contribution in [0.15, 0.2) is 0 Å². The van der Waals surface area contributed by atoms with Gasteiger partial charge in [-0.1, -0.05) is 0 Å². The summed E-state index contributed by atoms with van der Waals surface area (Å²) in [5.74, 6) is 0. The molecule has 0 aromatic carbocycles. The Morgan fingerprint density at radius 3 is 2.56 bits per heavy atom. The average molecular weight is 151 g/mol. The maximum atomic E-state index is 5.23. The molecule has 0 atom stereocenters. The average Bonchev–Trinajstić information content (AvgIpc) is 1.91. The first-order chi connectivity index (χ1) is 4.43. The highest BCUT2D eigenvalue weighted by Crippen LogP contribution is 2.04. The molecule has 2 N–H and O–H groups in total. The summed E-state index contributed by atoms with van der Waals surface area (Å²) in [4.78, 5) is 2.40. The highest BCUT2D eigenvalue weighted by molar-refractivity contribution is 6.13. The maximum absolute atomic E-state index is 5.23. The highest BCUT2D eigenvalue weighted by atomic mass is 35.5. The van der Waals surface area contributed by atoms with Gasteiger partial charge in [0.15, 0.2) is 0 Å². The molecule has 4 heteroatoms. The molecule has 1 heterocycles. The van der Waals surface area contributed by atoms with Gasteiger partial charge in [0, 0.05) is 19.3 Å². The summed E-state index contributed by atoms with van der Waals surface area (Å²) < 4.78 is 5.14. The van der Waals surface area contributed by atoms with Crippen molar-refractivity contribution >= 4 is 11.8 Å². The Bertz CT molecular complexity index is 72.6. The van der Waals surface area contributed by atoms with Gasteiger partial charge in [-0.25, -0.2) is 5.43 Å². The highest BCUT2D eigenvalue weighted by Gasteiger charge is 2.11. The summed E-state index contributed by atoms with van der Waals surface area (Å²) in [5.41, 5.74) is 2.92. The predicted molar refractivity (Wildman–Crippen MR) is 36.0 cm³/mol. The minimum Gasteiger partial charge on any atom is -0.381 e. The first-order valence-corrected chi connectivity index (χ1v) is 3.50. The van der Waals surface area contributed by atoms with Crippen molar-refractivity contribution in [3.05, 3.63) is 0 Å². The van der Waals surface area contributed by atoms with Crippen LogP contribution in [0.25, 0.3) is 0 Å². The molecule has 0 radical (unpaired) electrons. The Hall–Kier alpha value is 0.170. The topological polar surface area (TPSA) is 33.3 Å². The van der Waals surface area contributed by atoms with E-state index in [1.54, 1.807) is 0 Å². The van der Waals surface area contributed by atoms with E-state index in [-0.39, 0.29) is 0 Å². The zero-order valence-electron chi connectivity index (χ0n) is 5.19. The smallest absolute Gasteiger partial charge is 0.0481 e. The largest absolute Gasteiger partial charge is 0.381 e. The number of hydrogen-bond donors (Lipinski definition) is 2. The van der Waals surface area contributed by atoms with Crippen LogP contribution in [-0.4, -0.2) is 19.3 Å². The van der Waals surface area contributed by atoms with Crippen molar-refractivity contribution < 1.29 is 4.74 Å². The monoisotopic (exact) mass is 150 g/mol. The number of hydrogen-bond acceptors (Lipinski definition) is 3. The third-order valence-corrected chi connectivity index (χ3v) is 1.59. The molecule has 0 aromatic heterocycles. The number of hydrazine groups is 1. The number of rotatable bonds is 2. The summed E-state index contributed by atoms with van der Waals surface area (Å²) in [6, 6.07) is 0.483. The normalized spacial score (nSPS) is 22.3. The summed E-state index contributed by atoms with van der Waals surface area (Å²) in [6.45, 7) is 1.69. The summed E-state index contributed by atoms with van der Waals surface area (Å²) in [5, 5.41) is 0. The van der Waals surface area contributed by atoms with Gasteiger partial charge in [0.1, 0.15) is 0 Å². The van der Waals surface area contributed by atoms with Crippen molar-refractivity contribution in [1.82, 2.24) is 10.4 Å². The van der Waals surface area contributed by atoms with Crippen LogP contribution in [0.3, 0.4) is 0 Å². The van der Waals surface area contributed by atoms with E-state index < -0.39 is 0 Å². The second kappa shape index (κ2) is 4.06. The molecule has 1 rings (SSSR count). The number of nitrogens with one attached hydrogen (secondary N) is 2. The third kappa shape index (κ3) is 2.49. The molecule has 0 aromatic rings. The number of halogens is 1. The Morgan fingerprint density at radius 1 is 1.33 bits per heavy atom. The molecular formula is C5H11ClN2O. The Labute approximate surface area is 59.8 Å². The van der Waals surface area contributed by atoms with Crippen LogP contribution in [0, 0.1) is 0 Å². The number of ether oxygens (including phenoxy) is 1. The van der Waals surface area contributed by atoms with Gasteiger partial charge >= 0.3 is 0 Å². The van der Waals surface area contributed by atoms with Crippen molar-refractivity contribution in [3.63, 3.8) is 0 Å². The summed E-state index contributed by atoms with van der Waals surface area (Å²) in [7, 11) is 0. The minimum absolute atomic E-state index is 0.483. The molecule has 0 amide bonds. The van der Waals surface area contributed by atoms with Gasteiger partial charge in [-0.3, -0.25) is 0 Å². The van der Waals surface area contributed by atoms with Crippen molar-refractivity contribution in [2.45, 2.75) is 18.9 Å². The molecular weight excluding hydrogens is 140 g/mol. The van der Waals surface area contributed by atoms with E-state index in [0.717, 1.165) is 26.1 Å². The van der Waals surface area contributed by atoms with E-state index >= 15 is 0 Å². The van der Waals surface area contributed by atoms with Gasteiger partial charge in [0.25, 0.3) is 0 Å². The van der Waals surface area contributed by atoms with Crippen molar-refractivity contribution in [2.24, 2.45) is 0 Å². The molecule has 1 aliphatic rings. The molecule has 1 aliphatic heterocycles. The van der Waals surface area contributed by atoms with Crippen LogP contribution in [0.5, 0.6) is 0 Å². The molecule has 54 valence electrons. The van der Waals surface area contributed by atoms with Crippen molar-refractivity contribution in [1.29, 1.82) is 0 Å². The molecule has 0 spiro atoms. The second-order valence-electron chi connectivity index (χ2n) is 2.13. The van der Waals surface area contributed by atoms with Crippen molar-refractivity contribution in [2.75, 3.05) is 13.2 Å². The standard InChI is InChI=1S/C5H11ClN2O/c6-8-7-5-1-3-9-4-2-5/h5,7-8H,1-4H2. The molecule has 1 saturated heterocycles. The van der Waals surface area contributed by atoms with E-state index in [2.05, 4.69) is 10.4 Å². The van der Waals surface area contributed by atoms with E-state index in [1.807, 2.05) is 0 Å². The van der Waals surface area contributed by atoms with Crippen LogP contribution >= 0.6 is 11.8 Å². The molecule has 0 saturated carbocycles. The zero-order valence-corrected chi connectivity index (χ0v) is 5.95. The fourth-order valence-electron chi connectivity index (χ4n) is 0.919. The van der Waals surface area contributed by atoms with Crippen LogP contribution < -0.4 is 10.4 Å². The van der Waals surface area contributed by atoms with E-state index in [9.17, 15) is 0 Å². The van der Waals surface area contributed by atoms with Gasteiger partial charge in [-0.2, -0.15) is 4.94 Å². The molecule has 1 fully saturated rings. The first-order valence-electron chi connectivity index (χ1n) is 3.12. The van der Waals surface area contributed by atoms with Gasteiger partial charge in [-0.15, -0.1) is 0 Å². The van der Waals surface area contributed by atoms with Gasteiger partial charge in [-0.05, 0) is 24.6 Å². The third-order valence-electron chi connectivity index (χ3n) is 1.48. The summed E-state index contributed by atoms with van der Waals surface area (Å²) >= 11 is 5.23. The Morgan fingerprint density at radius 2 is 2.00 bits per heavy atom. The van der Waals surface area contributed by atoms with E-state index in [1.165, 1.54) is 0 Å². The lowest BCUT2D eigenvalue weighted by Gasteiger charge is -2.21. The van der Waals surface area contributed by atoms with Gasteiger partial charge in [0.2, 0.25) is 0 Å². The minimum atomic E-state index is 0.483. The Balaban J connectivity index is 2.08. The van der Waals surface area contributed by atoms with Crippen LogP contribution in [-0.2, 0) is 4.74 Å². The molecule has 9 heavy (non-hydrogen) atoms. The molecule has 0 bridgehead atoms. The fraction of sp³-hybridized carbons (Fsp3) is 1.00. The quantitative estimate of drug-likeness (QED) is 0.442. The summed E-state index contributed by atoms with van der Waals surface area (Å²) in [6.07, 6.45) is 2.08. The van der Waals surface area contributed by atoms with Crippen LogP contribution in [0.2, 0.25) is 0 Å². The zero-order chi connectivity index (χ0) is 6.53. The van der Waals surface area contributed by atoms with Crippen LogP contribution in [0.1, 0.15) is 12.8 Å². The van der Waals surface area contributed by atoms with E-state index in [4.69, 9.17) is 16.5 Å². The van der Waals surface area contributed by atoms with Gasteiger partial charge in [0.05, 0.1) is 0 Å². The van der Waals surface area contributed by atoms with Crippen molar-refractivity contribution in [3.8, 4) is 0 Å². The molecule has 0 unspecified atom stereocenters. The second-order valence-corrected chi connectivity index (χ2v) is 2.31. The fourth-order valence-corrected chi connectivity index (χ4v) is 1.07. The first kappa shape index (κ1) is 7.28. The lowest BCUT2D eigenvalue weighted by Crippen LogP contribution is -2.39. The Kier molecular flexibility index (Phi) is 3.28. The molecule has 0 aliphatic carbocycles. The van der Waals surface area contributed by atoms with Crippen LogP contribution in [0.4, 0.5) is 0 Å². The van der Waals surface area contributed by atoms with Gasteiger partial charge < -0.3 is 4.74 Å². The van der Waals surface area contributed by atoms with E-state index in [0.29, 0.717) is 6.04 Å².